The fourth-order valence-electron chi connectivity index (χ4n) is 4.75. The van der Waals surface area contributed by atoms with Gasteiger partial charge in [-0.2, -0.15) is 0 Å². The van der Waals surface area contributed by atoms with Crippen LogP contribution in [-0.4, -0.2) is 17.1 Å². The smallest absolute Gasteiger partial charge is 0.460 e. The molecule has 0 saturated heterocycles. The molecule has 1 aliphatic rings. The van der Waals surface area contributed by atoms with E-state index >= 15 is 0 Å². The van der Waals surface area contributed by atoms with Gasteiger partial charge in [0.25, 0.3) is 0 Å². The Balaban J connectivity index is 1.58. The van der Waals surface area contributed by atoms with Gasteiger partial charge in [0.2, 0.25) is 0 Å². The highest BCUT2D eigenvalue weighted by Gasteiger charge is 2.32. The van der Waals surface area contributed by atoms with Gasteiger partial charge in [0.1, 0.15) is 16.5 Å². The van der Waals surface area contributed by atoms with Crippen molar-refractivity contribution in [2.24, 2.45) is 0 Å². The number of anilines is 1. The third-order valence-electron chi connectivity index (χ3n) is 6.50. The Morgan fingerprint density at radius 3 is 2.69 bits per heavy atom. The number of benzene rings is 2. The molecule has 0 aliphatic carbocycles. The van der Waals surface area contributed by atoms with Crippen molar-refractivity contribution in [3.63, 3.8) is 0 Å². The maximum atomic E-state index is 13.1. The Bertz CT molecular complexity index is 1570. The van der Waals surface area contributed by atoms with Gasteiger partial charge in [-0.1, -0.05) is 55.2 Å². The number of nitrogens with one attached hydrogen (secondary N) is 1. The summed E-state index contributed by atoms with van der Waals surface area (Å²) < 4.78 is 11.6. The molecule has 0 radical (unpaired) electrons. The lowest BCUT2D eigenvalue weighted by molar-refractivity contribution is 0.275. The number of aromatic nitrogens is 1. The fourth-order valence-corrected chi connectivity index (χ4v) is 5.27. The van der Waals surface area contributed by atoms with E-state index in [2.05, 4.69) is 10.3 Å². The molecular formula is C27H25BCl2N2O4. The summed E-state index contributed by atoms with van der Waals surface area (Å²) in [6.07, 6.45) is 0. The molecule has 4 aromatic rings. The predicted molar refractivity (Wildman–Crippen MR) is 145 cm³/mol. The Hall–Kier alpha value is -2.84. The zero-order valence-electron chi connectivity index (χ0n) is 20.4. The molecule has 0 saturated carbocycles. The monoisotopic (exact) mass is 522 g/mol. The second kappa shape index (κ2) is 9.56. The van der Waals surface area contributed by atoms with Crippen LogP contribution in [-0.2, 0) is 17.8 Å². The number of hydrogen-bond acceptors (Lipinski definition) is 6. The first-order valence-corrected chi connectivity index (χ1v) is 12.5. The van der Waals surface area contributed by atoms with E-state index in [1.165, 1.54) is 0 Å². The third kappa shape index (κ3) is 4.30. The van der Waals surface area contributed by atoms with Crippen molar-refractivity contribution in [3.05, 3.63) is 84.8 Å². The molecule has 0 amide bonds. The highest BCUT2D eigenvalue weighted by Crippen LogP contribution is 2.35. The van der Waals surface area contributed by atoms with Gasteiger partial charge >= 0.3 is 7.12 Å². The largest absolute Gasteiger partial charge is 0.493 e. The topological polar surface area (TPSA) is 84.6 Å². The number of rotatable bonds is 5. The highest BCUT2D eigenvalue weighted by molar-refractivity contribution is 6.65. The molecule has 0 bridgehead atoms. The van der Waals surface area contributed by atoms with Crippen LogP contribution in [0.15, 0.2) is 45.6 Å². The molecule has 9 heteroatoms. The zero-order chi connectivity index (χ0) is 25.7. The fraction of sp³-hybridized carbons (Fsp3) is 0.259. The van der Waals surface area contributed by atoms with E-state index in [0.29, 0.717) is 68.0 Å². The molecule has 1 aliphatic heterocycles. The summed E-state index contributed by atoms with van der Waals surface area (Å²) in [5.41, 5.74) is 6.29. The summed E-state index contributed by atoms with van der Waals surface area (Å²) in [7, 11) is -1.08. The first-order chi connectivity index (χ1) is 17.2. The average molecular weight is 523 g/mol. The van der Waals surface area contributed by atoms with Gasteiger partial charge in [-0.15, -0.1) is 0 Å². The number of hydrogen-bond donors (Lipinski definition) is 2. The summed E-state index contributed by atoms with van der Waals surface area (Å²) in [4.78, 5) is 17.6. The van der Waals surface area contributed by atoms with Crippen LogP contribution in [0.1, 0.15) is 47.8 Å². The number of aryl methyl sites for hydroxylation is 1. The Morgan fingerprint density at radius 1 is 1.17 bits per heavy atom. The van der Waals surface area contributed by atoms with Crippen LogP contribution in [0.5, 0.6) is 0 Å². The van der Waals surface area contributed by atoms with Crippen molar-refractivity contribution < 1.29 is 14.1 Å². The van der Waals surface area contributed by atoms with Crippen LogP contribution in [0.4, 0.5) is 5.69 Å². The molecule has 5 rings (SSSR count). The van der Waals surface area contributed by atoms with Crippen molar-refractivity contribution in [1.29, 1.82) is 0 Å². The first-order valence-electron chi connectivity index (χ1n) is 11.7. The lowest BCUT2D eigenvalue weighted by atomic mass is 9.78. The number of nitrogens with zero attached hydrogens (tertiary/aromatic N) is 1. The molecule has 0 fully saturated rings. The lowest BCUT2D eigenvalue weighted by Crippen LogP contribution is -2.29. The standard InChI is InChI=1S/C27H25BCl2N2O4/c1-13(2)26-15(4)25(33)19-10-14(3)9-17(27(19)36-26)11-31-20-7-8-21(29)32-24(20)18-6-5-16-12-35-28(34)22(16)23(18)30/h5-10,13,31,34H,11-12H2,1-4H3. The molecule has 36 heavy (non-hydrogen) atoms. The molecule has 0 spiro atoms. The van der Waals surface area contributed by atoms with Gasteiger partial charge in [-0.25, -0.2) is 4.98 Å². The van der Waals surface area contributed by atoms with E-state index in [0.717, 1.165) is 16.7 Å². The van der Waals surface area contributed by atoms with E-state index in [9.17, 15) is 9.82 Å². The van der Waals surface area contributed by atoms with Crippen molar-refractivity contribution in [1.82, 2.24) is 4.98 Å². The average Bonchev–Trinajstić information content (AvgIpc) is 3.22. The molecule has 0 atom stereocenters. The summed E-state index contributed by atoms with van der Waals surface area (Å²) in [6, 6.07) is 11.1. The normalized spacial score (nSPS) is 13.1. The van der Waals surface area contributed by atoms with E-state index in [1.807, 2.05) is 58.0 Å². The van der Waals surface area contributed by atoms with Crippen LogP contribution in [0, 0.1) is 13.8 Å². The maximum absolute atomic E-state index is 13.1. The van der Waals surface area contributed by atoms with Crippen molar-refractivity contribution in [2.45, 2.75) is 46.8 Å². The Morgan fingerprint density at radius 2 is 1.94 bits per heavy atom. The van der Waals surface area contributed by atoms with Crippen LogP contribution < -0.4 is 16.2 Å². The van der Waals surface area contributed by atoms with Gasteiger partial charge in [0.15, 0.2) is 5.43 Å². The molecule has 2 aromatic heterocycles. The molecule has 2 N–H and O–H groups in total. The van der Waals surface area contributed by atoms with E-state index in [1.54, 1.807) is 6.07 Å². The van der Waals surface area contributed by atoms with Crippen molar-refractivity contribution >= 4 is 52.4 Å². The molecular weight excluding hydrogens is 498 g/mol. The third-order valence-corrected chi connectivity index (χ3v) is 7.12. The minimum atomic E-state index is -1.08. The van der Waals surface area contributed by atoms with E-state index < -0.39 is 7.12 Å². The number of fused-ring (bicyclic) bond motifs is 2. The van der Waals surface area contributed by atoms with E-state index in [4.69, 9.17) is 32.3 Å². The highest BCUT2D eigenvalue weighted by atomic mass is 35.5. The van der Waals surface area contributed by atoms with Crippen molar-refractivity contribution in [3.8, 4) is 11.3 Å². The second-order valence-corrected chi connectivity index (χ2v) is 10.2. The summed E-state index contributed by atoms with van der Waals surface area (Å²) in [6.45, 7) is 8.48. The molecule has 184 valence electrons. The van der Waals surface area contributed by atoms with Crippen LogP contribution in [0.3, 0.4) is 0 Å². The zero-order valence-corrected chi connectivity index (χ0v) is 21.9. The van der Waals surface area contributed by atoms with Gasteiger partial charge in [0.05, 0.1) is 28.4 Å². The maximum Gasteiger partial charge on any atom is 0.493 e. The minimum absolute atomic E-state index is 0.00977. The quantitative estimate of drug-likeness (QED) is 0.257. The van der Waals surface area contributed by atoms with E-state index in [-0.39, 0.29) is 11.3 Å². The number of halogens is 2. The summed E-state index contributed by atoms with van der Waals surface area (Å²) >= 11 is 13.0. The van der Waals surface area contributed by atoms with Gasteiger partial charge in [-0.05, 0) is 43.2 Å². The van der Waals surface area contributed by atoms with Crippen LogP contribution in [0.2, 0.25) is 10.2 Å². The second-order valence-electron chi connectivity index (χ2n) is 9.42. The van der Waals surface area contributed by atoms with Crippen LogP contribution in [0.25, 0.3) is 22.2 Å². The lowest BCUT2D eigenvalue weighted by Gasteiger charge is -2.16. The predicted octanol–water partition coefficient (Wildman–Crippen LogP) is 5.73. The summed E-state index contributed by atoms with van der Waals surface area (Å²) in [5.74, 6) is 0.773. The first kappa shape index (κ1) is 24.8. The summed E-state index contributed by atoms with van der Waals surface area (Å²) in [5, 5.41) is 14.9. The van der Waals surface area contributed by atoms with Crippen molar-refractivity contribution in [2.75, 3.05) is 5.32 Å². The van der Waals surface area contributed by atoms with Gasteiger partial charge < -0.3 is 19.4 Å². The Kier molecular flexibility index (Phi) is 6.60. The molecule has 6 nitrogen and oxygen atoms in total. The molecule has 0 unspecified atom stereocenters. The van der Waals surface area contributed by atoms with Crippen LogP contribution >= 0.6 is 23.2 Å². The SMILES string of the molecule is Cc1cc(CNc2ccc(Cl)nc2-c2ccc3c(c2Cl)B(O)OC3)c2oc(C(C)C)c(C)c(=O)c2c1. The Labute approximate surface area is 219 Å². The van der Waals surface area contributed by atoms with Gasteiger partial charge in [0, 0.05) is 34.6 Å². The molecule has 3 heterocycles. The number of pyridine rings is 1. The minimum Gasteiger partial charge on any atom is -0.460 e. The van der Waals surface area contributed by atoms with Gasteiger partial charge in [-0.3, -0.25) is 4.79 Å². The molecule has 2 aromatic carbocycles.